The smallest absolute Gasteiger partial charge is 0.311 e. The first-order chi connectivity index (χ1) is 13.6. The molecule has 0 aliphatic carbocycles. The van der Waals surface area contributed by atoms with Gasteiger partial charge < -0.3 is 4.74 Å². The molecule has 0 spiro atoms. The van der Waals surface area contributed by atoms with Crippen LogP contribution >= 0.6 is 0 Å². The van der Waals surface area contributed by atoms with Crippen molar-refractivity contribution in [2.75, 3.05) is 6.54 Å². The van der Waals surface area contributed by atoms with Gasteiger partial charge in [0.05, 0.1) is 11.1 Å². The van der Waals surface area contributed by atoms with Gasteiger partial charge in [0.2, 0.25) is 0 Å². The van der Waals surface area contributed by atoms with Crippen LogP contribution in [0.5, 0.6) is 5.75 Å². The van der Waals surface area contributed by atoms with Crippen LogP contribution in [0.2, 0.25) is 0 Å². The second kappa shape index (κ2) is 9.31. The van der Waals surface area contributed by atoms with E-state index in [1.54, 1.807) is 24.3 Å². The number of carbonyl (C=O) groups is 3. The van der Waals surface area contributed by atoms with E-state index >= 15 is 0 Å². The zero-order valence-electron chi connectivity index (χ0n) is 16.1. The fourth-order valence-electron chi connectivity index (χ4n) is 3.35. The minimum absolute atomic E-state index is 0.230. The normalized spacial score (nSPS) is 13.0. The molecule has 2 amide bonds. The lowest BCUT2D eigenvalue weighted by Gasteiger charge is -2.13. The molecular weight excluding hydrogens is 354 g/mol. The fraction of sp³-hybridized carbons (Fsp3) is 0.348. The second-order valence-corrected chi connectivity index (χ2v) is 6.99. The summed E-state index contributed by atoms with van der Waals surface area (Å²) >= 11 is 0. The van der Waals surface area contributed by atoms with E-state index in [0.29, 0.717) is 42.7 Å². The molecular formula is C23H25NO4. The molecule has 0 saturated carbocycles. The Bertz CT molecular complexity index is 822. The highest BCUT2D eigenvalue weighted by atomic mass is 16.5. The van der Waals surface area contributed by atoms with Crippen LogP contribution in [0.3, 0.4) is 0 Å². The first kappa shape index (κ1) is 19.8. The van der Waals surface area contributed by atoms with E-state index < -0.39 is 0 Å². The van der Waals surface area contributed by atoms with E-state index in [0.717, 1.165) is 19.3 Å². The highest BCUT2D eigenvalue weighted by molar-refractivity contribution is 6.21. The Balaban J connectivity index is 1.36. The molecule has 5 nitrogen and oxygen atoms in total. The van der Waals surface area contributed by atoms with Gasteiger partial charge in [-0.3, -0.25) is 19.3 Å². The average Bonchev–Trinajstić information content (AvgIpc) is 2.94. The number of benzene rings is 2. The lowest BCUT2D eigenvalue weighted by molar-refractivity contribution is -0.134. The third kappa shape index (κ3) is 4.66. The van der Waals surface area contributed by atoms with Crippen molar-refractivity contribution in [3.05, 3.63) is 65.2 Å². The van der Waals surface area contributed by atoms with E-state index in [1.165, 1.54) is 10.5 Å². The number of ether oxygens (including phenoxy) is 1. The summed E-state index contributed by atoms with van der Waals surface area (Å²) in [5.74, 6) is -0.155. The molecule has 5 heteroatoms. The number of imide groups is 1. The van der Waals surface area contributed by atoms with Gasteiger partial charge in [0.1, 0.15) is 5.75 Å². The Kier molecular flexibility index (Phi) is 6.58. The predicted octanol–water partition coefficient (Wildman–Crippen LogP) is 4.40. The summed E-state index contributed by atoms with van der Waals surface area (Å²) in [4.78, 5) is 37.8. The van der Waals surface area contributed by atoms with E-state index in [9.17, 15) is 14.4 Å². The summed E-state index contributed by atoms with van der Waals surface area (Å²) in [5, 5.41) is 0. The highest BCUT2D eigenvalue weighted by Gasteiger charge is 2.34. The molecule has 2 aromatic rings. The van der Waals surface area contributed by atoms with Crippen molar-refractivity contribution in [3.8, 4) is 5.75 Å². The molecule has 0 unspecified atom stereocenters. The maximum absolute atomic E-state index is 12.3. The maximum Gasteiger partial charge on any atom is 0.311 e. The second-order valence-electron chi connectivity index (χ2n) is 6.99. The molecule has 0 N–H and O–H groups in total. The third-order valence-corrected chi connectivity index (χ3v) is 4.83. The molecule has 0 fully saturated rings. The molecule has 1 aliphatic heterocycles. The van der Waals surface area contributed by atoms with Gasteiger partial charge >= 0.3 is 5.97 Å². The lowest BCUT2D eigenvalue weighted by Crippen LogP contribution is -2.30. The molecule has 1 heterocycles. The standard InChI is InChI=1S/C23H25NO4/c1-2-8-17-12-14-18(15-13-17)28-21(25)11-4-3-7-16-24-22(26)19-9-5-6-10-20(19)23(24)27/h5-6,9-10,12-15H,2-4,7-8,11,16H2,1H3. The highest BCUT2D eigenvalue weighted by Crippen LogP contribution is 2.23. The number of amides is 2. The van der Waals surface area contributed by atoms with E-state index in [1.807, 2.05) is 24.3 Å². The van der Waals surface area contributed by atoms with Gasteiger partial charge in [-0.1, -0.05) is 44.0 Å². The molecule has 1 aliphatic rings. The van der Waals surface area contributed by atoms with Gasteiger partial charge in [-0.25, -0.2) is 0 Å². The van der Waals surface area contributed by atoms with Crippen LogP contribution in [0.25, 0.3) is 0 Å². The van der Waals surface area contributed by atoms with Crippen molar-refractivity contribution in [3.63, 3.8) is 0 Å². The first-order valence-corrected chi connectivity index (χ1v) is 9.85. The van der Waals surface area contributed by atoms with Crippen LogP contribution in [0, 0.1) is 0 Å². The topological polar surface area (TPSA) is 63.7 Å². The molecule has 0 bridgehead atoms. The van der Waals surface area contributed by atoms with Crippen LogP contribution in [0.1, 0.15) is 65.3 Å². The number of unbranched alkanes of at least 4 members (excludes halogenated alkanes) is 2. The number of esters is 1. The van der Waals surface area contributed by atoms with E-state index in [2.05, 4.69) is 6.92 Å². The van der Waals surface area contributed by atoms with Crippen LogP contribution in [-0.2, 0) is 11.2 Å². The van der Waals surface area contributed by atoms with Crippen molar-refractivity contribution in [2.24, 2.45) is 0 Å². The molecule has 0 saturated heterocycles. The van der Waals surface area contributed by atoms with Gasteiger partial charge in [-0.15, -0.1) is 0 Å². The fourth-order valence-corrected chi connectivity index (χ4v) is 3.35. The first-order valence-electron chi connectivity index (χ1n) is 9.85. The Morgan fingerprint density at radius 1 is 0.893 bits per heavy atom. The monoisotopic (exact) mass is 379 g/mol. The Labute approximate surface area is 165 Å². The molecule has 2 aromatic carbocycles. The summed E-state index contributed by atoms with van der Waals surface area (Å²) in [7, 11) is 0. The van der Waals surface area contributed by atoms with Crippen molar-refractivity contribution < 1.29 is 19.1 Å². The number of fused-ring (bicyclic) bond motifs is 1. The Morgan fingerprint density at radius 2 is 1.54 bits per heavy atom. The number of rotatable bonds is 9. The quantitative estimate of drug-likeness (QED) is 0.280. The zero-order chi connectivity index (χ0) is 19.9. The van der Waals surface area contributed by atoms with Gasteiger partial charge in [-0.2, -0.15) is 0 Å². The molecule has 0 aromatic heterocycles. The number of aryl methyl sites for hydroxylation is 1. The third-order valence-electron chi connectivity index (χ3n) is 4.83. The number of hydrogen-bond donors (Lipinski definition) is 0. The van der Waals surface area contributed by atoms with E-state index in [4.69, 9.17) is 4.74 Å². The van der Waals surface area contributed by atoms with Crippen LogP contribution in [-0.4, -0.2) is 29.2 Å². The number of hydrogen-bond acceptors (Lipinski definition) is 4. The largest absolute Gasteiger partial charge is 0.427 e. The van der Waals surface area contributed by atoms with Gasteiger partial charge in [-0.05, 0) is 49.1 Å². The molecule has 28 heavy (non-hydrogen) atoms. The van der Waals surface area contributed by atoms with Crippen molar-refractivity contribution in [1.29, 1.82) is 0 Å². The summed E-state index contributed by atoms with van der Waals surface area (Å²) in [6.07, 6.45) is 4.50. The van der Waals surface area contributed by atoms with E-state index in [-0.39, 0.29) is 17.8 Å². The van der Waals surface area contributed by atoms with Gasteiger partial charge in [0.25, 0.3) is 11.8 Å². The summed E-state index contributed by atoms with van der Waals surface area (Å²) in [5.41, 5.74) is 2.18. The Hall–Kier alpha value is -2.95. The minimum Gasteiger partial charge on any atom is -0.427 e. The SMILES string of the molecule is CCCc1ccc(OC(=O)CCCCCN2C(=O)c3ccccc3C2=O)cc1. The number of nitrogens with zero attached hydrogens (tertiary/aromatic N) is 1. The summed E-state index contributed by atoms with van der Waals surface area (Å²) in [6, 6.07) is 14.5. The Morgan fingerprint density at radius 3 is 2.14 bits per heavy atom. The maximum atomic E-state index is 12.3. The van der Waals surface area contributed by atoms with Crippen molar-refractivity contribution >= 4 is 17.8 Å². The summed E-state index contributed by atoms with van der Waals surface area (Å²) in [6.45, 7) is 2.50. The molecule has 0 atom stereocenters. The molecule has 0 radical (unpaired) electrons. The van der Waals surface area contributed by atoms with Gasteiger partial charge in [0, 0.05) is 13.0 Å². The molecule has 3 rings (SSSR count). The van der Waals surface area contributed by atoms with Crippen LogP contribution in [0.15, 0.2) is 48.5 Å². The number of carbonyl (C=O) groups excluding carboxylic acids is 3. The molecule has 146 valence electrons. The zero-order valence-corrected chi connectivity index (χ0v) is 16.1. The van der Waals surface area contributed by atoms with Crippen LogP contribution < -0.4 is 4.74 Å². The summed E-state index contributed by atoms with van der Waals surface area (Å²) < 4.78 is 5.35. The lowest BCUT2D eigenvalue weighted by atomic mass is 10.1. The predicted molar refractivity (Wildman–Crippen MR) is 106 cm³/mol. The van der Waals surface area contributed by atoms with Crippen LogP contribution in [0.4, 0.5) is 0 Å². The van der Waals surface area contributed by atoms with Crippen molar-refractivity contribution in [1.82, 2.24) is 4.90 Å². The van der Waals surface area contributed by atoms with Gasteiger partial charge in [0.15, 0.2) is 0 Å². The minimum atomic E-state index is -0.260. The van der Waals surface area contributed by atoms with Crippen molar-refractivity contribution in [2.45, 2.75) is 45.4 Å². The average molecular weight is 379 g/mol.